The number of rotatable bonds is 3. The standard InChI is InChI=1S/C8H11ClN2OS/c1-5(2)11-8(12)7(9)6-3-10-4-13-6/h3-5,7H,1-2H3,(H,11,12). The van der Waals surface area contributed by atoms with Crippen LogP contribution in [-0.4, -0.2) is 16.9 Å². The van der Waals surface area contributed by atoms with E-state index < -0.39 is 5.38 Å². The van der Waals surface area contributed by atoms with Gasteiger partial charge in [-0.25, -0.2) is 0 Å². The van der Waals surface area contributed by atoms with Crippen molar-refractivity contribution in [3.8, 4) is 0 Å². The maximum absolute atomic E-state index is 11.4. The molecule has 0 saturated carbocycles. The second kappa shape index (κ2) is 4.58. The first-order chi connectivity index (χ1) is 6.11. The van der Waals surface area contributed by atoms with Crippen molar-refractivity contribution in [1.29, 1.82) is 0 Å². The highest BCUT2D eigenvalue weighted by atomic mass is 35.5. The van der Waals surface area contributed by atoms with E-state index in [1.165, 1.54) is 11.3 Å². The van der Waals surface area contributed by atoms with E-state index in [-0.39, 0.29) is 11.9 Å². The van der Waals surface area contributed by atoms with Crippen LogP contribution < -0.4 is 5.32 Å². The Labute approximate surface area is 86.1 Å². The summed E-state index contributed by atoms with van der Waals surface area (Å²) in [6, 6.07) is 0.113. The van der Waals surface area contributed by atoms with Gasteiger partial charge in [0.15, 0.2) is 0 Å². The number of alkyl halides is 1. The zero-order chi connectivity index (χ0) is 9.84. The lowest BCUT2D eigenvalue weighted by Crippen LogP contribution is -2.32. The molecule has 1 atom stereocenters. The summed E-state index contributed by atoms with van der Waals surface area (Å²) < 4.78 is 0. The molecular formula is C8H11ClN2OS. The molecule has 0 aliphatic rings. The van der Waals surface area contributed by atoms with E-state index in [0.717, 1.165) is 4.88 Å². The van der Waals surface area contributed by atoms with Crippen LogP contribution in [0.25, 0.3) is 0 Å². The highest BCUT2D eigenvalue weighted by molar-refractivity contribution is 7.10. The Morgan fingerprint density at radius 1 is 1.69 bits per heavy atom. The molecule has 72 valence electrons. The lowest BCUT2D eigenvalue weighted by Gasteiger charge is -2.10. The quantitative estimate of drug-likeness (QED) is 0.788. The van der Waals surface area contributed by atoms with E-state index >= 15 is 0 Å². The van der Waals surface area contributed by atoms with Crippen molar-refractivity contribution in [2.75, 3.05) is 0 Å². The molecule has 1 unspecified atom stereocenters. The fourth-order valence-corrected chi connectivity index (χ4v) is 1.70. The predicted molar refractivity (Wildman–Crippen MR) is 54.0 cm³/mol. The van der Waals surface area contributed by atoms with Gasteiger partial charge in [0.2, 0.25) is 5.91 Å². The zero-order valence-corrected chi connectivity index (χ0v) is 9.02. The lowest BCUT2D eigenvalue weighted by molar-refractivity contribution is -0.121. The van der Waals surface area contributed by atoms with E-state index in [1.54, 1.807) is 11.7 Å². The Balaban J connectivity index is 2.58. The molecule has 0 spiro atoms. The first-order valence-electron chi connectivity index (χ1n) is 3.94. The van der Waals surface area contributed by atoms with Crippen molar-refractivity contribution in [3.05, 3.63) is 16.6 Å². The molecule has 0 aliphatic carbocycles. The lowest BCUT2D eigenvalue weighted by atomic mass is 10.3. The van der Waals surface area contributed by atoms with Crippen molar-refractivity contribution in [2.45, 2.75) is 25.3 Å². The highest BCUT2D eigenvalue weighted by Crippen LogP contribution is 2.23. The van der Waals surface area contributed by atoms with Crippen LogP contribution in [0.1, 0.15) is 24.1 Å². The molecule has 1 amide bonds. The molecule has 0 fully saturated rings. The van der Waals surface area contributed by atoms with Crippen LogP contribution in [-0.2, 0) is 4.79 Å². The van der Waals surface area contributed by atoms with Gasteiger partial charge in [0.25, 0.3) is 0 Å². The Hall–Kier alpha value is -0.610. The summed E-state index contributed by atoms with van der Waals surface area (Å²) in [5, 5.41) is 2.12. The minimum Gasteiger partial charge on any atom is -0.352 e. The molecule has 13 heavy (non-hydrogen) atoms. The van der Waals surface area contributed by atoms with Gasteiger partial charge in [0.1, 0.15) is 5.38 Å². The smallest absolute Gasteiger partial charge is 0.243 e. The fourth-order valence-electron chi connectivity index (χ4n) is 0.838. The van der Waals surface area contributed by atoms with Crippen LogP contribution in [0.5, 0.6) is 0 Å². The number of hydrogen-bond donors (Lipinski definition) is 1. The molecule has 1 aromatic rings. The van der Waals surface area contributed by atoms with Crippen LogP contribution >= 0.6 is 22.9 Å². The number of thiazole rings is 1. The molecule has 0 saturated heterocycles. The van der Waals surface area contributed by atoms with Gasteiger partial charge in [-0.3, -0.25) is 9.78 Å². The first kappa shape index (κ1) is 10.5. The van der Waals surface area contributed by atoms with Gasteiger partial charge in [-0.2, -0.15) is 0 Å². The average molecular weight is 219 g/mol. The predicted octanol–water partition coefficient (Wildman–Crippen LogP) is 1.95. The van der Waals surface area contributed by atoms with Crippen LogP contribution in [0.3, 0.4) is 0 Å². The Morgan fingerprint density at radius 3 is 2.85 bits per heavy atom. The number of carbonyl (C=O) groups is 1. The number of halogens is 1. The number of amides is 1. The Kier molecular flexibility index (Phi) is 3.69. The number of nitrogens with one attached hydrogen (secondary N) is 1. The SMILES string of the molecule is CC(C)NC(=O)C(Cl)c1cncs1. The molecule has 3 nitrogen and oxygen atoms in total. The van der Waals surface area contributed by atoms with Crippen LogP contribution in [0.2, 0.25) is 0 Å². The van der Waals surface area contributed by atoms with E-state index in [4.69, 9.17) is 11.6 Å². The van der Waals surface area contributed by atoms with Crippen molar-refractivity contribution in [2.24, 2.45) is 0 Å². The molecule has 0 bridgehead atoms. The Morgan fingerprint density at radius 2 is 2.38 bits per heavy atom. The fraction of sp³-hybridized carbons (Fsp3) is 0.500. The van der Waals surface area contributed by atoms with Crippen LogP contribution in [0.15, 0.2) is 11.7 Å². The van der Waals surface area contributed by atoms with E-state index in [1.807, 2.05) is 13.8 Å². The van der Waals surface area contributed by atoms with Gasteiger partial charge in [-0.1, -0.05) is 0 Å². The molecule has 0 radical (unpaired) electrons. The second-order valence-corrected chi connectivity index (χ2v) is 4.28. The summed E-state index contributed by atoms with van der Waals surface area (Å²) in [4.78, 5) is 16.0. The Bertz CT molecular complexity index is 274. The molecule has 5 heteroatoms. The number of nitrogens with zero attached hydrogens (tertiary/aromatic N) is 1. The third-order valence-electron chi connectivity index (χ3n) is 1.36. The topological polar surface area (TPSA) is 42.0 Å². The van der Waals surface area contributed by atoms with Crippen molar-refractivity contribution >= 4 is 28.8 Å². The van der Waals surface area contributed by atoms with Crippen LogP contribution in [0, 0.1) is 0 Å². The first-order valence-corrected chi connectivity index (χ1v) is 5.25. The molecule has 1 rings (SSSR count). The largest absolute Gasteiger partial charge is 0.352 e. The summed E-state index contributed by atoms with van der Waals surface area (Å²) in [6.07, 6.45) is 1.61. The van der Waals surface area contributed by atoms with Gasteiger partial charge in [0.05, 0.1) is 10.4 Å². The van der Waals surface area contributed by atoms with E-state index in [0.29, 0.717) is 0 Å². The second-order valence-electron chi connectivity index (χ2n) is 2.93. The molecule has 1 aromatic heterocycles. The van der Waals surface area contributed by atoms with Gasteiger partial charge in [-0.05, 0) is 13.8 Å². The van der Waals surface area contributed by atoms with Crippen molar-refractivity contribution in [3.63, 3.8) is 0 Å². The van der Waals surface area contributed by atoms with E-state index in [2.05, 4.69) is 10.3 Å². The maximum Gasteiger partial charge on any atom is 0.243 e. The average Bonchev–Trinajstić information content (AvgIpc) is 2.53. The van der Waals surface area contributed by atoms with Crippen molar-refractivity contribution in [1.82, 2.24) is 10.3 Å². The molecule has 1 heterocycles. The molecular weight excluding hydrogens is 208 g/mol. The van der Waals surface area contributed by atoms with Gasteiger partial charge in [0, 0.05) is 12.2 Å². The summed E-state index contributed by atoms with van der Waals surface area (Å²) in [7, 11) is 0. The van der Waals surface area contributed by atoms with Crippen molar-refractivity contribution < 1.29 is 4.79 Å². The van der Waals surface area contributed by atoms with Crippen LogP contribution in [0.4, 0.5) is 0 Å². The summed E-state index contributed by atoms with van der Waals surface area (Å²) in [5.74, 6) is -0.166. The summed E-state index contributed by atoms with van der Waals surface area (Å²) >= 11 is 7.28. The third kappa shape index (κ3) is 2.97. The molecule has 0 aromatic carbocycles. The maximum atomic E-state index is 11.4. The number of hydrogen-bond acceptors (Lipinski definition) is 3. The summed E-state index contributed by atoms with van der Waals surface area (Å²) in [6.45, 7) is 3.79. The van der Waals surface area contributed by atoms with E-state index in [9.17, 15) is 4.79 Å². The monoisotopic (exact) mass is 218 g/mol. The highest BCUT2D eigenvalue weighted by Gasteiger charge is 2.19. The molecule has 1 N–H and O–H groups in total. The van der Waals surface area contributed by atoms with Gasteiger partial charge < -0.3 is 5.32 Å². The third-order valence-corrected chi connectivity index (χ3v) is 2.77. The van der Waals surface area contributed by atoms with Gasteiger partial charge in [-0.15, -0.1) is 22.9 Å². The zero-order valence-electron chi connectivity index (χ0n) is 7.45. The minimum atomic E-state index is -0.616. The minimum absolute atomic E-state index is 0.113. The molecule has 0 aliphatic heterocycles. The number of carbonyl (C=O) groups excluding carboxylic acids is 1. The normalized spacial score (nSPS) is 12.9. The summed E-state index contributed by atoms with van der Waals surface area (Å²) in [5.41, 5.74) is 1.66. The number of aromatic nitrogens is 1. The van der Waals surface area contributed by atoms with Gasteiger partial charge >= 0.3 is 0 Å².